The molecule has 0 atom stereocenters. The van der Waals surface area contributed by atoms with E-state index < -0.39 is 9.84 Å². The molecule has 0 spiro atoms. The summed E-state index contributed by atoms with van der Waals surface area (Å²) in [6.07, 6.45) is 1.09. The third-order valence-corrected chi connectivity index (χ3v) is 4.05. The van der Waals surface area contributed by atoms with Crippen LogP contribution in [0.15, 0.2) is 29.2 Å². The Bertz CT molecular complexity index is 738. The van der Waals surface area contributed by atoms with Crippen LogP contribution in [0.5, 0.6) is 0 Å². The van der Waals surface area contributed by atoms with E-state index in [2.05, 4.69) is 10.4 Å². The van der Waals surface area contributed by atoms with Gasteiger partial charge in [0.05, 0.1) is 6.54 Å². The van der Waals surface area contributed by atoms with E-state index >= 15 is 0 Å². The summed E-state index contributed by atoms with van der Waals surface area (Å²) in [4.78, 5) is -0.00791. The summed E-state index contributed by atoms with van der Waals surface area (Å²) in [6, 6.07) is 5.86. The van der Waals surface area contributed by atoms with E-state index in [-0.39, 0.29) is 28.9 Å². The summed E-state index contributed by atoms with van der Waals surface area (Å²) in [7, 11) is -3.50. The van der Waals surface area contributed by atoms with Crippen molar-refractivity contribution in [2.45, 2.75) is 18.4 Å². The Morgan fingerprint density at radius 2 is 1.95 bits per heavy atom. The van der Waals surface area contributed by atoms with Crippen molar-refractivity contribution >= 4 is 21.5 Å². The Morgan fingerprint density at radius 1 is 1.33 bits per heavy atom. The first-order valence-electron chi connectivity index (χ1n) is 6.37. The SMILES string of the molecule is CCNc1nn(Cc2ccc(F)cc2)c(N)c1S(C)(=O)=O. The maximum Gasteiger partial charge on any atom is 0.182 e. The number of nitrogens with two attached hydrogens (primary N) is 1. The third-order valence-electron chi connectivity index (χ3n) is 2.91. The number of nitrogens with one attached hydrogen (secondary N) is 1. The molecule has 2 rings (SSSR count). The first kappa shape index (κ1) is 15.3. The van der Waals surface area contributed by atoms with E-state index in [9.17, 15) is 12.8 Å². The Balaban J connectivity index is 2.43. The quantitative estimate of drug-likeness (QED) is 0.873. The van der Waals surface area contributed by atoms with Crippen molar-refractivity contribution in [2.24, 2.45) is 0 Å². The maximum absolute atomic E-state index is 12.9. The van der Waals surface area contributed by atoms with Gasteiger partial charge in [0.15, 0.2) is 20.6 Å². The highest BCUT2D eigenvalue weighted by molar-refractivity contribution is 7.91. The third kappa shape index (κ3) is 3.33. The number of aromatic nitrogens is 2. The lowest BCUT2D eigenvalue weighted by atomic mass is 10.2. The van der Waals surface area contributed by atoms with Gasteiger partial charge in [-0.1, -0.05) is 12.1 Å². The van der Waals surface area contributed by atoms with Gasteiger partial charge in [0, 0.05) is 12.8 Å². The lowest BCUT2D eigenvalue weighted by Gasteiger charge is -2.04. The molecular formula is C13H17FN4O2S. The molecule has 0 saturated heterocycles. The molecule has 0 aliphatic heterocycles. The molecule has 1 aromatic heterocycles. The van der Waals surface area contributed by atoms with Crippen molar-refractivity contribution < 1.29 is 12.8 Å². The van der Waals surface area contributed by atoms with Crippen molar-refractivity contribution in [3.05, 3.63) is 35.6 Å². The van der Waals surface area contributed by atoms with Gasteiger partial charge in [0.2, 0.25) is 0 Å². The minimum absolute atomic E-state index is 0.00791. The van der Waals surface area contributed by atoms with Crippen LogP contribution in [0.25, 0.3) is 0 Å². The number of nitrogen functional groups attached to an aromatic ring is 1. The smallest absolute Gasteiger partial charge is 0.182 e. The predicted octanol–water partition coefficient (Wildman–Crippen LogP) is 1.49. The second kappa shape index (κ2) is 5.72. The summed E-state index contributed by atoms with van der Waals surface area (Å²) in [5.74, 6) is -0.0327. The van der Waals surface area contributed by atoms with Gasteiger partial charge in [-0.3, -0.25) is 0 Å². The summed E-state index contributed by atoms with van der Waals surface area (Å²) < 4.78 is 38.0. The Morgan fingerprint density at radius 3 is 2.48 bits per heavy atom. The first-order valence-corrected chi connectivity index (χ1v) is 8.26. The number of nitrogens with zero attached hydrogens (tertiary/aromatic N) is 2. The number of benzene rings is 1. The number of rotatable bonds is 5. The summed E-state index contributed by atoms with van der Waals surface area (Å²) in [6.45, 7) is 2.62. The van der Waals surface area contributed by atoms with E-state index in [1.165, 1.54) is 16.8 Å². The average molecular weight is 312 g/mol. The van der Waals surface area contributed by atoms with Crippen LogP contribution in [-0.4, -0.2) is 31.0 Å². The van der Waals surface area contributed by atoms with E-state index in [0.717, 1.165) is 11.8 Å². The number of sulfone groups is 1. The average Bonchev–Trinajstić information content (AvgIpc) is 2.69. The highest BCUT2D eigenvalue weighted by Crippen LogP contribution is 2.27. The second-order valence-electron chi connectivity index (χ2n) is 4.65. The maximum atomic E-state index is 12.9. The molecule has 1 aromatic carbocycles. The van der Waals surface area contributed by atoms with Gasteiger partial charge in [-0.05, 0) is 24.6 Å². The Kier molecular flexibility index (Phi) is 4.17. The van der Waals surface area contributed by atoms with Crippen molar-refractivity contribution in [2.75, 3.05) is 23.9 Å². The summed E-state index contributed by atoms with van der Waals surface area (Å²) in [5, 5.41) is 7.08. The van der Waals surface area contributed by atoms with Gasteiger partial charge in [0.1, 0.15) is 11.6 Å². The fourth-order valence-electron chi connectivity index (χ4n) is 1.99. The molecule has 8 heteroatoms. The highest BCUT2D eigenvalue weighted by Gasteiger charge is 2.23. The highest BCUT2D eigenvalue weighted by atomic mass is 32.2. The fourth-order valence-corrected chi connectivity index (χ4v) is 2.94. The number of anilines is 2. The second-order valence-corrected chi connectivity index (χ2v) is 6.60. The molecule has 3 N–H and O–H groups in total. The first-order chi connectivity index (χ1) is 9.82. The normalized spacial score (nSPS) is 11.6. The molecule has 0 aliphatic carbocycles. The van der Waals surface area contributed by atoms with Crippen molar-refractivity contribution in [1.29, 1.82) is 0 Å². The van der Waals surface area contributed by atoms with Gasteiger partial charge in [-0.15, -0.1) is 0 Å². The standard InChI is InChI=1S/C13H17FN4O2S/c1-3-16-13-11(21(2,19)20)12(15)18(17-13)8-9-4-6-10(14)7-5-9/h4-7H,3,8,15H2,1-2H3,(H,16,17). The molecule has 0 unspecified atom stereocenters. The van der Waals surface area contributed by atoms with Gasteiger partial charge >= 0.3 is 0 Å². The van der Waals surface area contributed by atoms with Gasteiger partial charge < -0.3 is 11.1 Å². The molecule has 21 heavy (non-hydrogen) atoms. The fraction of sp³-hybridized carbons (Fsp3) is 0.308. The zero-order chi connectivity index (χ0) is 15.6. The van der Waals surface area contributed by atoms with Crippen LogP contribution in [0, 0.1) is 5.82 Å². The van der Waals surface area contributed by atoms with Crippen molar-refractivity contribution in [1.82, 2.24) is 9.78 Å². The molecule has 114 valence electrons. The van der Waals surface area contributed by atoms with Crippen LogP contribution < -0.4 is 11.1 Å². The van der Waals surface area contributed by atoms with E-state index in [0.29, 0.717) is 6.54 Å². The topological polar surface area (TPSA) is 90.0 Å². The molecule has 6 nitrogen and oxygen atoms in total. The molecule has 1 heterocycles. The van der Waals surface area contributed by atoms with E-state index in [1.807, 2.05) is 6.92 Å². The number of hydrogen-bond donors (Lipinski definition) is 2. The molecule has 0 amide bonds. The predicted molar refractivity (Wildman–Crippen MR) is 79.4 cm³/mol. The molecule has 2 aromatic rings. The number of halogens is 1. The monoisotopic (exact) mass is 312 g/mol. The Labute approximate surface area is 122 Å². The number of hydrogen-bond acceptors (Lipinski definition) is 5. The summed E-state index contributed by atoms with van der Waals surface area (Å²) in [5.41, 5.74) is 6.68. The largest absolute Gasteiger partial charge is 0.383 e. The van der Waals surface area contributed by atoms with Crippen LogP contribution >= 0.6 is 0 Å². The van der Waals surface area contributed by atoms with Crippen LogP contribution in [0.1, 0.15) is 12.5 Å². The van der Waals surface area contributed by atoms with E-state index in [4.69, 9.17) is 5.73 Å². The molecule has 0 bridgehead atoms. The lowest BCUT2D eigenvalue weighted by Crippen LogP contribution is -2.08. The van der Waals surface area contributed by atoms with Crippen molar-refractivity contribution in [3.8, 4) is 0 Å². The lowest BCUT2D eigenvalue weighted by molar-refractivity contribution is 0.602. The molecule has 0 radical (unpaired) electrons. The molecular weight excluding hydrogens is 295 g/mol. The van der Waals surface area contributed by atoms with Gasteiger partial charge in [-0.2, -0.15) is 5.10 Å². The van der Waals surface area contributed by atoms with Gasteiger partial charge in [-0.25, -0.2) is 17.5 Å². The Hall–Kier alpha value is -2.09. The summed E-state index contributed by atoms with van der Waals surface area (Å²) >= 11 is 0. The van der Waals surface area contributed by atoms with Gasteiger partial charge in [0.25, 0.3) is 0 Å². The minimum Gasteiger partial charge on any atom is -0.383 e. The molecule has 0 aliphatic rings. The van der Waals surface area contributed by atoms with Crippen LogP contribution in [-0.2, 0) is 16.4 Å². The van der Waals surface area contributed by atoms with Crippen molar-refractivity contribution in [3.63, 3.8) is 0 Å². The molecule has 0 saturated carbocycles. The van der Waals surface area contributed by atoms with Crippen LogP contribution in [0.2, 0.25) is 0 Å². The molecule has 0 fully saturated rings. The zero-order valence-electron chi connectivity index (χ0n) is 11.8. The van der Waals surface area contributed by atoms with Crippen LogP contribution in [0.3, 0.4) is 0 Å². The minimum atomic E-state index is -3.50. The van der Waals surface area contributed by atoms with E-state index in [1.54, 1.807) is 12.1 Å². The van der Waals surface area contributed by atoms with Crippen LogP contribution in [0.4, 0.5) is 16.0 Å². The zero-order valence-corrected chi connectivity index (χ0v) is 12.6.